The van der Waals surface area contributed by atoms with Gasteiger partial charge in [0.05, 0.1) is 50.4 Å². The van der Waals surface area contributed by atoms with E-state index in [2.05, 4.69) is 10.2 Å². The number of methoxy groups -OCH3 is 1. The van der Waals surface area contributed by atoms with Gasteiger partial charge in [-0.1, -0.05) is 29.9 Å². The van der Waals surface area contributed by atoms with Gasteiger partial charge in [-0.2, -0.15) is 0 Å². The number of cyclic esters (lactones) is 1. The number of carbonyl (C=O) groups excluding carboxylic acids is 2. The van der Waals surface area contributed by atoms with Crippen LogP contribution in [0.15, 0.2) is 41.0 Å². The Labute approximate surface area is 196 Å². The SMILES string of the molecule is COc1cc(N2CC(CNC(=O)C3=CC(Cl)=CCC3=S)OC2=O)ccc1N1CCOCC1. The first-order valence-electron chi connectivity index (χ1n) is 10.3. The van der Waals surface area contributed by atoms with E-state index in [0.717, 1.165) is 18.8 Å². The standard InChI is InChI=1S/C22H24ClN3O5S/c1-29-19-11-15(3-4-18(19)25-6-8-30-9-7-25)26-13-16(31-22(26)28)12-24-21(27)17-10-14(23)2-5-20(17)32/h2-4,10-11,16H,5-9,12-13H2,1H3,(H,24,27). The predicted molar refractivity (Wildman–Crippen MR) is 126 cm³/mol. The lowest BCUT2D eigenvalue weighted by Gasteiger charge is -2.30. The molecule has 8 nitrogen and oxygen atoms in total. The Hall–Kier alpha value is -2.62. The highest BCUT2D eigenvalue weighted by Crippen LogP contribution is 2.34. The average Bonchev–Trinajstić information content (AvgIpc) is 3.19. The summed E-state index contributed by atoms with van der Waals surface area (Å²) in [6, 6.07) is 5.64. The van der Waals surface area contributed by atoms with Crippen molar-refractivity contribution in [2.75, 3.05) is 56.3 Å². The van der Waals surface area contributed by atoms with Gasteiger partial charge in [-0.05, 0) is 18.2 Å². The number of hydrogen-bond acceptors (Lipinski definition) is 7. The quantitative estimate of drug-likeness (QED) is 0.631. The van der Waals surface area contributed by atoms with Crippen molar-refractivity contribution in [1.29, 1.82) is 0 Å². The number of halogens is 1. The number of morpholine rings is 1. The Balaban J connectivity index is 1.39. The number of nitrogens with one attached hydrogen (secondary N) is 1. The minimum absolute atomic E-state index is 0.172. The van der Waals surface area contributed by atoms with Crippen LogP contribution < -0.4 is 19.9 Å². The van der Waals surface area contributed by atoms with Crippen molar-refractivity contribution in [2.24, 2.45) is 0 Å². The van der Waals surface area contributed by atoms with E-state index in [9.17, 15) is 9.59 Å². The third-order valence-corrected chi connectivity index (χ3v) is 6.15. The summed E-state index contributed by atoms with van der Waals surface area (Å²) in [7, 11) is 1.61. The third-order valence-electron chi connectivity index (χ3n) is 5.50. The molecule has 1 N–H and O–H groups in total. The van der Waals surface area contributed by atoms with Crippen LogP contribution in [0.25, 0.3) is 0 Å². The summed E-state index contributed by atoms with van der Waals surface area (Å²) in [4.78, 5) is 29.2. The van der Waals surface area contributed by atoms with E-state index in [0.29, 0.717) is 53.1 Å². The van der Waals surface area contributed by atoms with Crippen molar-refractivity contribution in [3.63, 3.8) is 0 Å². The predicted octanol–water partition coefficient (Wildman–Crippen LogP) is 2.80. The number of anilines is 2. The molecule has 0 saturated carbocycles. The summed E-state index contributed by atoms with van der Waals surface area (Å²) < 4.78 is 16.4. The zero-order valence-corrected chi connectivity index (χ0v) is 19.2. The number of carbonyl (C=O) groups is 2. The van der Waals surface area contributed by atoms with Crippen LogP contribution in [0.4, 0.5) is 16.2 Å². The molecule has 2 heterocycles. The van der Waals surface area contributed by atoms with Crippen molar-refractivity contribution >= 4 is 52.1 Å². The van der Waals surface area contributed by atoms with Gasteiger partial charge in [0.2, 0.25) is 0 Å². The van der Waals surface area contributed by atoms with Gasteiger partial charge >= 0.3 is 6.09 Å². The maximum Gasteiger partial charge on any atom is 0.414 e. The molecule has 2 saturated heterocycles. The van der Waals surface area contributed by atoms with E-state index < -0.39 is 12.2 Å². The van der Waals surface area contributed by atoms with E-state index >= 15 is 0 Å². The van der Waals surface area contributed by atoms with Crippen LogP contribution in [-0.2, 0) is 14.3 Å². The largest absolute Gasteiger partial charge is 0.495 e. The summed E-state index contributed by atoms with van der Waals surface area (Å²) >= 11 is 11.2. The van der Waals surface area contributed by atoms with E-state index in [1.165, 1.54) is 4.90 Å². The van der Waals surface area contributed by atoms with Crippen molar-refractivity contribution in [1.82, 2.24) is 5.32 Å². The van der Waals surface area contributed by atoms with E-state index in [-0.39, 0.29) is 12.5 Å². The molecule has 0 radical (unpaired) electrons. The number of benzene rings is 1. The first-order valence-corrected chi connectivity index (χ1v) is 11.1. The Kier molecular flexibility index (Phi) is 6.98. The molecule has 2 aliphatic heterocycles. The van der Waals surface area contributed by atoms with Crippen molar-refractivity contribution in [2.45, 2.75) is 12.5 Å². The smallest absolute Gasteiger partial charge is 0.414 e. The number of nitrogens with zero attached hydrogens (tertiary/aromatic N) is 2. The molecule has 1 aromatic rings. The molecule has 10 heteroatoms. The summed E-state index contributed by atoms with van der Waals surface area (Å²) in [6.07, 6.45) is 2.82. The van der Waals surface area contributed by atoms with Crippen molar-refractivity contribution in [3.05, 3.63) is 41.0 Å². The number of amides is 2. The topological polar surface area (TPSA) is 80.3 Å². The molecule has 0 bridgehead atoms. The number of thiocarbonyl (C=S) groups is 1. The first-order chi connectivity index (χ1) is 15.5. The summed E-state index contributed by atoms with van der Waals surface area (Å²) in [6.45, 7) is 3.38. The molecule has 32 heavy (non-hydrogen) atoms. The van der Waals surface area contributed by atoms with E-state index in [1.807, 2.05) is 18.2 Å². The Bertz CT molecular complexity index is 990. The van der Waals surface area contributed by atoms with Gasteiger partial charge in [-0.3, -0.25) is 9.69 Å². The van der Waals surface area contributed by atoms with E-state index in [1.54, 1.807) is 19.3 Å². The highest BCUT2D eigenvalue weighted by molar-refractivity contribution is 7.81. The molecule has 3 aliphatic rings. The number of hydrogen-bond donors (Lipinski definition) is 1. The van der Waals surface area contributed by atoms with Crippen molar-refractivity contribution < 1.29 is 23.8 Å². The second-order valence-corrected chi connectivity index (χ2v) is 8.49. The second kappa shape index (κ2) is 9.89. The number of ether oxygens (including phenoxy) is 3. The Morgan fingerprint density at radius 1 is 1.34 bits per heavy atom. The molecule has 170 valence electrons. The molecular weight excluding hydrogens is 454 g/mol. The summed E-state index contributed by atoms with van der Waals surface area (Å²) in [5.74, 6) is 0.351. The maximum atomic E-state index is 12.5. The lowest BCUT2D eigenvalue weighted by atomic mass is 10.0. The molecule has 0 spiro atoms. The van der Waals surface area contributed by atoms with E-state index in [4.69, 9.17) is 38.0 Å². The van der Waals surface area contributed by atoms with Gasteiger partial charge in [-0.25, -0.2) is 4.79 Å². The normalized spacial score (nSPS) is 21.1. The first kappa shape index (κ1) is 22.6. The fourth-order valence-electron chi connectivity index (χ4n) is 3.81. The van der Waals surface area contributed by atoms with Crippen molar-refractivity contribution in [3.8, 4) is 5.75 Å². The monoisotopic (exact) mass is 477 g/mol. The zero-order chi connectivity index (χ0) is 22.7. The maximum absolute atomic E-state index is 12.5. The van der Waals surface area contributed by atoms with Gasteiger partial charge in [0.15, 0.2) is 0 Å². The molecular formula is C22H24ClN3O5S. The van der Waals surface area contributed by atoms with Crippen LogP contribution in [0.1, 0.15) is 6.42 Å². The number of rotatable bonds is 6. The average molecular weight is 478 g/mol. The highest BCUT2D eigenvalue weighted by Gasteiger charge is 2.33. The molecule has 0 aromatic heterocycles. The van der Waals surface area contributed by atoms with Crippen LogP contribution in [0.2, 0.25) is 0 Å². The molecule has 2 amide bonds. The van der Waals surface area contributed by atoms with Gasteiger partial charge in [0, 0.05) is 35.5 Å². The minimum atomic E-state index is -0.486. The fraction of sp³-hybridized carbons (Fsp3) is 0.409. The van der Waals surface area contributed by atoms with Gasteiger partial charge in [0.25, 0.3) is 5.91 Å². The van der Waals surface area contributed by atoms with Crippen LogP contribution >= 0.6 is 23.8 Å². The van der Waals surface area contributed by atoms with Crippen LogP contribution in [0.5, 0.6) is 5.75 Å². The van der Waals surface area contributed by atoms with Crippen LogP contribution in [0, 0.1) is 0 Å². The van der Waals surface area contributed by atoms with Crippen LogP contribution in [0.3, 0.4) is 0 Å². The zero-order valence-electron chi connectivity index (χ0n) is 17.6. The molecule has 1 aliphatic carbocycles. The molecule has 1 aromatic carbocycles. The molecule has 1 unspecified atom stereocenters. The third kappa shape index (κ3) is 4.90. The van der Waals surface area contributed by atoms with Gasteiger partial charge in [0.1, 0.15) is 11.9 Å². The fourth-order valence-corrected chi connectivity index (χ4v) is 4.23. The van der Waals surface area contributed by atoms with Gasteiger partial charge < -0.3 is 24.4 Å². The lowest BCUT2D eigenvalue weighted by molar-refractivity contribution is -0.117. The van der Waals surface area contributed by atoms with Gasteiger partial charge in [-0.15, -0.1) is 0 Å². The summed E-state index contributed by atoms with van der Waals surface area (Å²) in [5.41, 5.74) is 2.00. The Morgan fingerprint density at radius 2 is 2.12 bits per heavy atom. The minimum Gasteiger partial charge on any atom is -0.495 e. The lowest BCUT2D eigenvalue weighted by Crippen LogP contribution is -2.37. The Morgan fingerprint density at radius 3 is 2.88 bits per heavy atom. The summed E-state index contributed by atoms with van der Waals surface area (Å²) in [5, 5.41) is 3.27. The van der Waals surface area contributed by atoms with Crippen LogP contribution in [-0.4, -0.2) is 69.5 Å². The number of allylic oxidation sites excluding steroid dienone is 3. The molecule has 2 fully saturated rings. The molecule has 1 atom stereocenters. The molecule has 4 rings (SSSR count). The highest BCUT2D eigenvalue weighted by atomic mass is 35.5. The second-order valence-electron chi connectivity index (χ2n) is 7.56.